The smallest absolute Gasteiger partial charge is 0.278 e. The van der Waals surface area contributed by atoms with Crippen molar-refractivity contribution in [2.75, 3.05) is 11.1 Å². The van der Waals surface area contributed by atoms with Crippen LogP contribution >= 0.6 is 11.8 Å². The molecular formula is C18H20N4O2S. The van der Waals surface area contributed by atoms with Crippen LogP contribution in [0.5, 0.6) is 0 Å². The molecule has 3 rings (SSSR count). The average Bonchev–Trinajstić information content (AvgIpc) is 2.94. The van der Waals surface area contributed by atoms with Crippen molar-refractivity contribution in [2.24, 2.45) is 7.05 Å². The molecule has 0 aliphatic rings. The fourth-order valence-corrected chi connectivity index (χ4v) is 3.48. The number of nitrogens with zero attached hydrogens (tertiary/aromatic N) is 2. The first kappa shape index (κ1) is 17.3. The van der Waals surface area contributed by atoms with E-state index >= 15 is 0 Å². The number of benzene rings is 1. The molecule has 0 bridgehead atoms. The first-order valence-corrected chi connectivity index (χ1v) is 8.90. The van der Waals surface area contributed by atoms with Gasteiger partial charge >= 0.3 is 0 Å². The van der Waals surface area contributed by atoms with Crippen molar-refractivity contribution in [1.29, 1.82) is 0 Å². The summed E-state index contributed by atoms with van der Waals surface area (Å²) in [4.78, 5) is 32.2. The number of H-pyrrole nitrogens is 1. The lowest BCUT2D eigenvalue weighted by molar-refractivity contribution is -0.113. The zero-order chi connectivity index (χ0) is 18.1. The molecular weight excluding hydrogens is 336 g/mol. The van der Waals surface area contributed by atoms with Crippen LogP contribution in [0.25, 0.3) is 11.0 Å². The molecule has 0 unspecified atom stereocenters. The lowest BCUT2D eigenvalue weighted by atomic mass is 10.1. The van der Waals surface area contributed by atoms with Gasteiger partial charge in [-0.25, -0.2) is 4.98 Å². The topological polar surface area (TPSA) is 79.8 Å². The van der Waals surface area contributed by atoms with Crippen LogP contribution in [-0.4, -0.2) is 26.2 Å². The summed E-state index contributed by atoms with van der Waals surface area (Å²) in [6, 6.07) is 7.72. The Hall–Kier alpha value is -2.54. The molecule has 0 saturated carbocycles. The van der Waals surface area contributed by atoms with E-state index in [1.807, 2.05) is 45.0 Å². The largest absolute Gasteiger partial charge is 0.353 e. The first-order valence-electron chi connectivity index (χ1n) is 7.92. The number of fused-ring (bicyclic) bond motifs is 1. The van der Waals surface area contributed by atoms with Gasteiger partial charge in [-0.05, 0) is 38.0 Å². The minimum Gasteiger partial charge on any atom is -0.353 e. The van der Waals surface area contributed by atoms with Gasteiger partial charge in [0.05, 0.1) is 11.3 Å². The molecule has 25 heavy (non-hydrogen) atoms. The Balaban J connectivity index is 1.77. The fourth-order valence-electron chi connectivity index (χ4n) is 2.70. The van der Waals surface area contributed by atoms with E-state index in [0.717, 1.165) is 22.5 Å². The molecule has 2 heterocycles. The van der Waals surface area contributed by atoms with Crippen LogP contribution in [0, 0.1) is 20.8 Å². The predicted octanol–water partition coefficient (Wildman–Crippen LogP) is 2.92. The van der Waals surface area contributed by atoms with E-state index in [-0.39, 0.29) is 17.2 Å². The highest BCUT2D eigenvalue weighted by molar-refractivity contribution is 7.99. The van der Waals surface area contributed by atoms with Crippen LogP contribution in [0.4, 0.5) is 5.69 Å². The number of aromatic amines is 1. The Morgan fingerprint density at radius 3 is 2.64 bits per heavy atom. The number of carbonyl (C=O) groups is 1. The summed E-state index contributed by atoms with van der Waals surface area (Å²) in [5, 5.41) is 3.46. The van der Waals surface area contributed by atoms with E-state index in [0.29, 0.717) is 16.2 Å². The lowest BCUT2D eigenvalue weighted by Gasteiger charge is -2.11. The van der Waals surface area contributed by atoms with Crippen molar-refractivity contribution in [3.8, 4) is 0 Å². The van der Waals surface area contributed by atoms with Gasteiger partial charge in [-0.1, -0.05) is 30.0 Å². The highest BCUT2D eigenvalue weighted by Crippen LogP contribution is 2.21. The van der Waals surface area contributed by atoms with Crippen molar-refractivity contribution >= 4 is 34.4 Å². The van der Waals surface area contributed by atoms with Gasteiger partial charge in [0.1, 0.15) is 5.52 Å². The molecule has 0 saturated heterocycles. The van der Waals surface area contributed by atoms with Crippen molar-refractivity contribution in [3.05, 3.63) is 51.4 Å². The Labute approximate surface area is 149 Å². The van der Waals surface area contributed by atoms with Crippen molar-refractivity contribution in [3.63, 3.8) is 0 Å². The quantitative estimate of drug-likeness (QED) is 0.556. The van der Waals surface area contributed by atoms with E-state index in [1.165, 1.54) is 16.3 Å². The molecule has 7 heteroatoms. The summed E-state index contributed by atoms with van der Waals surface area (Å²) in [7, 11) is 1.66. The Morgan fingerprint density at radius 1 is 1.28 bits per heavy atom. The fraction of sp³-hybridized carbons (Fsp3) is 0.278. The highest BCUT2D eigenvalue weighted by Gasteiger charge is 2.13. The van der Waals surface area contributed by atoms with Gasteiger partial charge < -0.3 is 10.3 Å². The zero-order valence-corrected chi connectivity index (χ0v) is 15.5. The molecule has 0 atom stereocenters. The summed E-state index contributed by atoms with van der Waals surface area (Å²) in [5.41, 5.74) is 4.74. The summed E-state index contributed by atoms with van der Waals surface area (Å²) >= 11 is 1.25. The van der Waals surface area contributed by atoms with Gasteiger partial charge in [0.2, 0.25) is 5.91 Å². The molecule has 2 N–H and O–H groups in total. The van der Waals surface area contributed by atoms with E-state index in [2.05, 4.69) is 15.3 Å². The van der Waals surface area contributed by atoms with Gasteiger partial charge in [-0.2, -0.15) is 0 Å². The Kier molecular flexibility index (Phi) is 4.67. The van der Waals surface area contributed by atoms with Gasteiger partial charge in [-0.3, -0.25) is 14.2 Å². The molecule has 0 radical (unpaired) electrons. The van der Waals surface area contributed by atoms with Gasteiger partial charge in [0.25, 0.3) is 5.56 Å². The van der Waals surface area contributed by atoms with Crippen LogP contribution in [-0.2, 0) is 11.8 Å². The maximum absolute atomic E-state index is 12.4. The van der Waals surface area contributed by atoms with Crippen LogP contribution < -0.4 is 10.9 Å². The lowest BCUT2D eigenvalue weighted by Crippen LogP contribution is -2.21. The molecule has 1 amide bonds. The summed E-state index contributed by atoms with van der Waals surface area (Å²) in [5.74, 6) is 0.0603. The van der Waals surface area contributed by atoms with E-state index in [1.54, 1.807) is 7.05 Å². The molecule has 6 nitrogen and oxygen atoms in total. The van der Waals surface area contributed by atoms with E-state index < -0.39 is 0 Å². The van der Waals surface area contributed by atoms with Crippen molar-refractivity contribution < 1.29 is 4.79 Å². The third-order valence-electron chi connectivity index (χ3n) is 4.03. The highest BCUT2D eigenvalue weighted by atomic mass is 32.2. The number of carbonyl (C=O) groups excluding carboxylic acids is 1. The van der Waals surface area contributed by atoms with Crippen LogP contribution in [0.3, 0.4) is 0 Å². The number of aryl methyl sites for hydroxylation is 3. The molecule has 0 aliphatic carbocycles. The number of amides is 1. The second kappa shape index (κ2) is 6.76. The molecule has 0 fully saturated rings. The van der Waals surface area contributed by atoms with Gasteiger partial charge in [0.15, 0.2) is 5.16 Å². The predicted molar refractivity (Wildman–Crippen MR) is 101 cm³/mol. The number of para-hydroxylation sites is 1. The number of nitrogens with one attached hydrogen (secondary N) is 2. The van der Waals surface area contributed by atoms with Gasteiger partial charge in [-0.15, -0.1) is 0 Å². The second-order valence-electron chi connectivity index (χ2n) is 6.07. The third kappa shape index (κ3) is 3.46. The maximum atomic E-state index is 12.4. The maximum Gasteiger partial charge on any atom is 0.278 e. The van der Waals surface area contributed by atoms with E-state index in [4.69, 9.17) is 0 Å². The van der Waals surface area contributed by atoms with Crippen molar-refractivity contribution in [2.45, 2.75) is 25.9 Å². The molecule has 2 aromatic heterocycles. The molecule has 130 valence electrons. The minimum absolute atomic E-state index is 0.123. The van der Waals surface area contributed by atoms with Crippen LogP contribution in [0.1, 0.15) is 16.8 Å². The molecule has 1 aromatic carbocycles. The standard InChI is InChI=1S/C18H20N4O2S/c1-10-6-5-7-11(2)15(10)21-14(23)9-25-18-20-13-8-12(3)19-16(13)17(24)22(18)4/h5-8,19H,9H2,1-4H3,(H,21,23). The van der Waals surface area contributed by atoms with Crippen molar-refractivity contribution in [1.82, 2.24) is 14.5 Å². The van der Waals surface area contributed by atoms with Crippen LogP contribution in [0.2, 0.25) is 0 Å². The number of anilines is 1. The number of rotatable bonds is 4. The monoisotopic (exact) mass is 356 g/mol. The summed E-state index contributed by atoms with van der Waals surface area (Å²) in [6.07, 6.45) is 0. The Morgan fingerprint density at radius 2 is 1.96 bits per heavy atom. The molecule has 0 aliphatic heterocycles. The van der Waals surface area contributed by atoms with E-state index in [9.17, 15) is 9.59 Å². The zero-order valence-electron chi connectivity index (χ0n) is 14.6. The first-order chi connectivity index (χ1) is 11.9. The number of thioether (sulfide) groups is 1. The Bertz CT molecular complexity index is 1000. The SMILES string of the molecule is Cc1cc2nc(SCC(=O)Nc3c(C)cccc3C)n(C)c(=O)c2[nH]1. The van der Waals surface area contributed by atoms with Crippen LogP contribution in [0.15, 0.2) is 34.2 Å². The molecule has 3 aromatic rings. The summed E-state index contributed by atoms with van der Waals surface area (Å²) < 4.78 is 1.47. The second-order valence-corrected chi connectivity index (χ2v) is 7.02. The minimum atomic E-state index is -0.143. The number of hydrogen-bond donors (Lipinski definition) is 2. The number of hydrogen-bond acceptors (Lipinski definition) is 4. The summed E-state index contributed by atoms with van der Waals surface area (Å²) in [6.45, 7) is 5.80. The van der Waals surface area contributed by atoms with Gasteiger partial charge in [0, 0.05) is 18.4 Å². The third-order valence-corrected chi connectivity index (χ3v) is 5.06. The normalized spacial score (nSPS) is 11.0. The number of aromatic nitrogens is 3. The average molecular weight is 356 g/mol. The molecule has 0 spiro atoms.